The van der Waals surface area contributed by atoms with E-state index in [-0.39, 0.29) is 17.2 Å². The van der Waals surface area contributed by atoms with Crippen molar-refractivity contribution >= 4 is 21.6 Å². The molecule has 7 nitrogen and oxygen atoms in total. The Labute approximate surface area is 200 Å². The highest BCUT2D eigenvalue weighted by atomic mass is 32.2. The summed E-state index contributed by atoms with van der Waals surface area (Å²) in [5.41, 5.74) is 2.76. The molecule has 1 fully saturated rings. The molecule has 3 aromatic rings. The largest absolute Gasteiger partial charge is 0.457 e. The van der Waals surface area contributed by atoms with Gasteiger partial charge in [-0.2, -0.15) is 4.31 Å². The van der Waals surface area contributed by atoms with E-state index in [1.54, 1.807) is 36.4 Å². The molecule has 0 spiro atoms. The number of morpholine rings is 1. The number of hydrogen-bond acceptors (Lipinski definition) is 5. The summed E-state index contributed by atoms with van der Waals surface area (Å²) in [7, 11) is -3.51. The zero-order chi connectivity index (χ0) is 24.0. The quantitative estimate of drug-likeness (QED) is 0.517. The Morgan fingerprint density at radius 2 is 1.50 bits per heavy atom. The van der Waals surface area contributed by atoms with Crippen molar-refractivity contribution in [1.82, 2.24) is 4.31 Å². The Morgan fingerprint density at radius 3 is 2.12 bits per heavy atom. The van der Waals surface area contributed by atoms with Gasteiger partial charge in [0.05, 0.1) is 18.1 Å². The van der Waals surface area contributed by atoms with Gasteiger partial charge in [-0.1, -0.05) is 29.8 Å². The number of anilines is 1. The average Bonchev–Trinajstić information content (AvgIpc) is 2.86. The van der Waals surface area contributed by atoms with Gasteiger partial charge in [-0.3, -0.25) is 4.79 Å². The van der Waals surface area contributed by atoms with E-state index in [0.29, 0.717) is 44.2 Å². The molecule has 4 rings (SSSR count). The van der Waals surface area contributed by atoms with Crippen LogP contribution in [0, 0.1) is 6.92 Å². The first kappa shape index (κ1) is 23.9. The summed E-state index contributed by atoms with van der Waals surface area (Å²) in [4.78, 5) is 12.6. The molecule has 1 saturated heterocycles. The van der Waals surface area contributed by atoms with Gasteiger partial charge in [0.1, 0.15) is 11.5 Å². The van der Waals surface area contributed by atoms with Gasteiger partial charge in [0.2, 0.25) is 15.9 Å². The monoisotopic (exact) mass is 480 g/mol. The molecule has 1 aliphatic heterocycles. The number of nitrogens with one attached hydrogen (secondary N) is 1. The molecule has 1 heterocycles. The maximum Gasteiger partial charge on any atom is 0.243 e. The summed E-state index contributed by atoms with van der Waals surface area (Å²) < 4.78 is 37.9. The van der Waals surface area contributed by atoms with Gasteiger partial charge in [0.25, 0.3) is 0 Å². The number of carbonyl (C=O) groups excluding carboxylic acids is 1. The van der Waals surface area contributed by atoms with Crippen LogP contribution in [0.1, 0.15) is 17.5 Å². The van der Waals surface area contributed by atoms with Crippen molar-refractivity contribution in [3.05, 3.63) is 83.9 Å². The third-order valence-electron chi connectivity index (χ3n) is 5.57. The van der Waals surface area contributed by atoms with Gasteiger partial charge in [0, 0.05) is 25.2 Å². The number of hydrogen-bond donors (Lipinski definition) is 1. The first-order valence-electron chi connectivity index (χ1n) is 11.2. The Morgan fingerprint density at radius 1 is 0.912 bits per heavy atom. The number of carbonyl (C=O) groups is 1. The minimum Gasteiger partial charge on any atom is -0.457 e. The molecular formula is C26H28N2O5S. The maximum atomic E-state index is 12.7. The van der Waals surface area contributed by atoms with Crippen LogP contribution in [0.4, 0.5) is 5.69 Å². The fourth-order valence-corrected chi connectivity index (χ4v) is 5.00. The molecule has 0 atom stereocenters. The SMILES string of the molecule is Cc1ccc(Oc2ccc(NC(=O)CCc3ccc(S(=O)(=O)N4CCOCC4)cc3)cc2)cc1. The number of aryl methyl sites for hydroxylation is 2. The van der Waals surface area contributed by atoms with Crippen LogP contribution in [0.25, 0.3) is 0 Å². The van der Waals surface area contributed by atoms with E-state index >= 15 is 0 Å². The van der Waals surface area contributed by atoms with Crippen LogP contribution >= 0.6 is 0 Å². The van der Waals surface area contributed by atoms with Crippen molar-refractivity contribution < 1.29 is 22.7 Å². The van der Waals surface area contributed by atoms with Crippen molar-refractivity contribution in [3.63, 3.8) is 0 Å². The minimum atomic E-state index is -3.51. The summed E-state index contributed by atoms with van der Waals surface area (Å²) in [6.07, 6.45) is 0.801. The highest BCUT2D eigenvalue weighted by molar-refractivity contribution is 7.89. The van der Waals surface area contributed by atoms with E-state index in [1.165, 1.54) is 9.87 Å². The molecule has 178 valence electrons. The molecule has 1 amide bonds. The average molecular weight is 481 g/mol. The van der Waals surface area contributed by atoms with Crippen LogP contribution in [-0.2, 0) is 26.0 Å². The van der Waals surface area contributed by atoms with Gasteiger partial charge in [0.15, 0.2) is 0 Å². The lowest BCUT2D eigenvalue weighted by Gasteiger charge is -2.26. The standard InChI is InChI=1S/C26H28N2O5S/c1-20-2-9-23(10-3-20)33-24-11-7-22(8-12-24)27-26(29)15-6-21-4-13-25(14-5-21)34(30,31)28-16-18-32-19-17-28/h2-5,7-14H,6,15-19H2,1H3,(H,27,29). The van der Waals surface area contributed by atoms with E-state index in [0.717, 1.165) is 11.3 Å². The molecule has 34 heavy (non-hydrogen) atoms. The molecular weight excluding hydrogens is 452 g/mol. The molecule has 0 radical (unpaired) electrons. The van der Waals surface area contributed by atoms with Crippen molar-refractivity contribution in [2.75, 3.05) is 31.6 Å². The molecule has 3 aromatic carbocycles. The van der Waals surface area contributed by atoms with E-state index in [4.69, 9.17) is 9.47 Å². The van der Waals surface area contributed by atoms with Crippen molar-refractivity contribution in [1.29, 1.82) is 0 Å². The lowest BCUT2D eigenvalue weighted by atomic mass is 10.1. The second-order valence-corrected chi connectivity index (χ2v) is 10.1. The fraction of sp³-hybridized carbons (Fsp3) is 0.269. The number of amides is 1. The number of sulfonamides is 1. The van der Waals surface area contributed by atoms with E-state index in [2.05, 4.69) is 5.32 Å². The molecule has 0 saturated carbocycles. The van der Waals surface area contributed by atoms with Gasteiger partial charge < -0.3 is 14.8 Å². The van der Waals surface area contributed by atoms with Crippen molar-refractivity contribution in [3.8, 4) is 11.5 Å². The Balaban J connectivity index is 1.27. The molecule has 8 heteroatoms. The van der Waals surface area contributed by atoms with Crippen molar-refractivity contribution in [2.45, 2.75) is 24.7 Å². The first-order valence-corrected chi connectivity index (χ1v) is 12.7. The van der Waals surface area contributed by atoms with Crippen molar-refractivity contribution in [2.24, 2.45) is 0 Å². The molecule has 0 aliphatic carbocycles. The van der Waals surface area contributed by atoms with Gasteiger partial charge in [-0.05, 0) is 67.4 Å². The van der Waals surface area contributed by atoms with E-state index in [9.17, 15) is 13.2 Å². The number of rotatable bonds is 8. The minimum absolute atomic E-state index is 0.114. The van der Waals surface area contributed by atoms with Crippen LogP contribution in [-0.4, -0.2) is 44.9 Å². The summed E-state index contributed by atoms with van der Waals surface area (Å²) in [6.45, 7) is 3.57. The molecule has 0 unspecified atom stereocenters. The normalized spacial score (nSPS) is 14.5. The molecule has 1 aliphatic rings. The van der Waals surface area contributed by atoms with Crippen LogP contribution in [0.2, 0.25) is 0 Å². The molecule has 1 N–H and O–H groups in total. The molecule has 0 bridgehead atoms. The predicted octanol–water partition coefficient (Wildman–Crippen LogP) is 4.38. The highest BCUT2D eigenvalue weighted by Gasteiger charge is 2.26. The smallest absolute Gasteiger partial charge is 0.243 e. The lowest BCUT2D eigenvalue weighted by molar-refractivity contribution is -0.116. The van der Waals surface area contributed by atoms with Crippen LogP contribution in [0.3, 0.4) is 0 Å². The molecule has 0 aromatic heterocycles. The Bertz CT molecular complexity index is 1200. The number of benzene rings is 3. The fourth-order valence-electron chi connectivity index (χ4n) is 3.59. The topological polar surface area (TPSA) is 84.9 Å². The van der Waals surface area contributed by atoms with Gasteiger partial charge >= 0.3 is 0 Å². The Hall–Kier alpha value is -3.20. The summed E-state index contributed by atoms with van der Waals surface area (Å²) in [6, 6.07) is 21.7. The van der Waals surface area contributed by atoms with Crippen LogP contribution in [0.5, 0.6) is 11.5 Å². The third kappa shape index (κ3) is 6.22. The third-order valence-corrected chi connectivity index (χ3v) is 7.48. The second-order valence-electron chi connectivity index (χ2n) is 8.15. The number of nitrogens with zero attached hydrogens (tertiary/aromatic N) is 1. The maximum absolute atomic E-state index is 12.7. The predicted molar refractivity (Wildman–Crippen MR) is 131 cm³/mol. The van der Waals surface area contributed by atoms with Gasteiger partial charge in [-0.15, -0.1) is 0 Å². The zero-order valence-corrected chi connectivity index (χ0v) is 19.9. The second kappa shape index (κ2) is 10.8. The van der Waals surface area contributed by atoms with Crippen LogP contribution < -0.4 is 10.1 Å². The van der Waals surface area contributed by atoms with Crippen LogP contribution in [0.15, 0.2) is 77.7 Å². The first-order chi connectivity index (χ1) is 16.4. The Kier molecular flexibility index (Phi) is 7.62. The van der Waals surface area contributed by atoms with E-state index in [1.807, 2.05) is 43.3 Å². The summed E-state index contributed by atoms with van der Waals surface area (Å²) in [5, 5.41) is 2.88. The zero-order valence-electron chi connectivity index (χ0n) is 19.1. The van der Waals surface area contributed by atoms with E-state index < -0.39 is 10.0 Å². The van der Waals surface area contributed by atoms with Gasteiger partial charge in [-0.25, -0.2) is 8.42 Å². The summed E-state index contributed by atoms with van der Waals surface area (Å²) in [5.74, 6) is 1.33. The number of ether oxygens (including phenoxy) is 2. The summed E-state index contributed by atoms with van der Waals surface area (Å²) >= 11 is 0. The highest BCUT2D eigenvalue weighted by Crippen LogP contribution is 2.23. The lowest BCUT2D eigenvalue weighted by Crippen LogP contribution is -2.40.